The van der Waals surface area contributed by atoms with E-state index in [1.54, 1.807) is 25.1 Å². The van der Waals surface area contributed by atoms with Crippen LogP contribution in [0.5, 0.6) is 5.75 Å². The molecule has 0 spiro atoms. The van der Waals surface area contributed by atoms with Gasteiger partial charge in [-0.1, -0.05) is 0 Å². The normalized spacial score (nSPS) is 18.1. The molecule has 6 nitrogen and oxygen atoms in total. The molecule has 1 aliphatic heterocycles. The van der Waals surface area contributed by atoms with Gasteiger partial charge in [0.05, 0.1) is 24.5 Å². The second kappa shape index (κ2) is 8.16. The largest absolute Gasteiger partial charge is 0.507 e. The monoisotopic (exact) mass is 457 g/mol. The summed E-state index contributed by atoms with van der Waals surface area (Å²) in [6.07, 6.45) is -3.22. The van der Waals surface area contributed by atoms with Crippen LogP contribution < -0.4 is 9.64 Å². The molecule has 0 radical (unpaired) electrons. The first-order valence-corrected chi connectivity index (χ1v) is 9.80. The van der Waals surface area contributed by atoms with E-state index >= 15 is 0 Å². The third kappa shape index (κ3) is 3.86. The minimum atomic E-state index is -4.56. The van der Waals surface area contributed by atoms with Crippen LogP contribution in [0.4, 0.5) is 18.9 Å². The zero-order chi connectivity index (χ0) is 23.9. The van der Waals surface area contributed by atoms with Crippen LogP contribution in [0, 0.1) is 6.92 Å². The number of rotatable bonds is 4. The molecule has 0 aliphatic carbocycles. The molecule has 4 rings (SSSR count). The number of aliphatic hydroxyl groups excluding tert-OH is 1. The summed E-state index contributed by atoms with van der Waals surface area (Å²) in [4.78, 5) is 27.0. The third-order valence-corrected chi connectivity index (χ3v) is 5.40. The fourth-order valence-electron chi connectivity index (χ4n) is 3.81. The topological polar surface area (TPSA) is 80.0 Å². The Morgan fingerprint density at radius 2 is 1.79 bits per heavy atom. The molecule has 2 heterocycles. The van der Waals surface area contributed by atoms with Crippen LogP contribution in [-0.4, -0.2) is 23.9 Å². The number of Topliss-reactive ketones (excluding diaryl/α,β-unsaturated/α-hetero) is 1. The molecule has 1 saturated heterocycles. The maximum atomic E-state index is 13.0. The van der Waals surface area contributed by atoms with E-state index < -0.39 is 35.2 Å². The molecule has 1 fully saturated rings. The van der Waals surface area contributed by atoms with E-state index in [1.165, 1.54) is 25.5 Å². The number of carbonyl (C=O) groups is 2. The molecule has 0 saturated carbocycles. The highest BCUT2D eigenvalue weighted by Crippen LogP contribution is 2.43. The van der Waals surface area contributed by atoms with Crippen molar-refractivity contribution in [2.24, 2.45) is 0 Å². The summed E-state index contributed by atoms with van der Waals surface area (Å²) in [5.74, 6) is -1.68. The lowest BCUT2D eigenvalue weighted by Crippen LogP contribution is -2.29. The van der Waals surface area contributed by atoms with Crippen LogP contribution in [0.3, 0.4) is 0 Å². The summed E-state index contributed by atoms with van der Waals surface area (Å²) in [6.45, 7) is 1.75. The number of hydrogen-bond donors (Lipinski definition) is 1. The van der Waals surface area contributed by atoms with Crippen molar-refractivity contribution < 1.29 is 37.0 Å². The molecular weight excluding hydrogens is 439 g/mol. The molecule has 1 aliphatic rings. The Balaban J connectivity index is 1.86. The number of hydrogen-bond acceptors (Lipinski definition) is 5. The predicted molar refractivity (Wildman–Crippen MR) is 113 cm³/mol. The predicted octanol–water partition coefficient (Wildman–Crippen LogP) is 5.24. The van der Waals surface area contributed by atoms with Crippen LogP contribution in [0.1, 0.15) is 28.5 Å². The van der Waals surface area contributed by atoms with Gasteiger partial charge in [0.15, 0.2) is 0 Å². The van der Waals surface area contributed by atoms with E-state index in [0.717, 1.165) is 29.2 Å². The molecule has 33 heavy (non-hydrogen) atoms. The lowest BCUT2D eigenvalue weighted by molar-refractivity contribution is -0.137. The van der Waals surface area contributed by atoms with E-state index in [4.69, 9.17) is 9.15 Å². The molecule has 9 heteroatoms. The smallest absolute Gasteiger partial charge is 0.416 e. The molecule has 3 aromatic rings. The number of furan rings is 1. The zero-order valence-corrected chi connectivity index (χ0v) is 17.5. The highest BCUT2D eigenvalue weighted by Gasteiger charge is 2.48. The number of methoxy groups -OCH3 is 1. The first-order valence-electron chi connectivity index (χ1n) is 9.80. The molecule has 1 aromatic heterocycles. The molecule has 2 aromatic carbocycles. The van der Waals surface area contributed by atoms with Gasteiger partial charge < -0.3 is 14.3 Å². The van der Waals surface area contributed by atoms with Crippen molar-refractivity contribution in [1.29, 1.82) is 0 Å². The Hall–Kier alpha value is -4.01. The maximum Gasteiger partial charge on any atom is 0.416 e. The van der Waals surface area contributed by atoms with E-state index in [-0.39, 0.29) is 22.6 Å². The van der Waals surface area contributed by atoms with E-state index in [1.807, 2.05) is 0 Å². The number of benzene rings is 2. The maximum absolute atomic E-state index is 13.0. The van der Waals surface area contributed by atoms with Gasteiger partial charge in [-0.3, -0.25) is 14.5 Å². The van der Waals surface area contributed by atoms with Crippen LogP contribution in [-0.2, 0) is 15.8 Å². The van der Waals surface area contributed by atoms with Crippen molar-refractivity contribution in [2.75, 3.05) is 12.0 Å². The van der Waals surface area contributed by atoms with Crippen molar-refractivity contribution in [1.82, 2.24) is 0 Å². The second-order valence-electron chi connectivity index (χ2n) is 7.41. The SMILES string of the molecule is COc1ccc(/C(O)=C2/C(=O)C(=O)N(c3ccc(C(F)(F)F)cc3)C2c2ccco2)cc1C. The molecule has 170 valence electrons. The molecule has 1 amide bonds. The lowest BCUT2D eigenvalue weighted by atomic mass is 9.98. The molecule has 1 atom stereocenters. The average molecular weight is 457 g/mol. The van der Waals surface area contributed by atoms with E-state index in [2.05, 4.69) is 0 Å². The highest BCUT2D eigenvalue weighted by molar-refractivity contribution is 6.51. The van der Waals surface area contributed by atoms with Gasteiger partial charge in [-0.15, -0.1) is 0 Å². The van der Waals surface area contributed by atoms with Gasteiger partial charge in [-0.05, 0) is 67.1 Å². The average Bonchev–Trinajstić information content (AvgIpc) is 3.40. The van der Waals surface area contributed by atoms with Gasteiger partial charge in [-0.25, -0.2) is 0 Å². The number of nitrogens with zero attached hydrogens (tertiary/aromatic N) is 1. The summed E-state index contributed by atoms with van der Waals surface area (Å²) in [7, 11) is 1.49. The van der Waals surface area contributed by atoms with Gasteiger partial charge in [0.25, 0.3) is 11.7 Å². The number of aryl methyl sites for hydroxylation is 1. The number of ketones is 1. The number of amides is 1. The van der Waals surface area contributed by atoms with Crippen molar-refractivity contribution in [3.63, 3.8) is 0 Å². The summed E-state index contributed by atoms with van der Waals surface area (Å²) in [5, 5.41) is 11.0. The Morgan fingerprint density at radius 1 is 1.09 bits per heavy atom. The number of alkyl halides is 3. The summed E-state index contributed by atoms with van der Waals surface area (Å²) in [5.41, 5.74) is -0.120. The number of ether oxygens (including phenoxy) is 1. The van der Waals surface area contributed by atoms with Gasteiger partial charge in [-0.2, -0.15) is 13.2 Å². The Bertz CT molecular complexity index is 1240. The highest BCUT2D eigenvalue weighted by atomic mass is 19.4. The summed E-state index contributed by atoms with van der Waals surface area (Å²) in [6, 6.07) is 10.5. The first kappa shape index (κ1) is 22.2. The fraction of sp³-hybridized carbons (Fsp3) is 0.167. The van der Waals surface area contributed by atoms with Gasteiger partial charge in [0.1, 0.15) is 23.3 Å². The van der Waals surface area contributed by atoms with Crippen molar-refractivity contribution in [2.45, 2.75) is 19.1 Å². The van der Waals surface area contributed by atoms with Crippen molar-refractivity contribution in [3.8, 4) is 5.75 Å². The molecule has 0 bridgehead atoms. The second-order valence-corrected chi connectivity index (χ2v) is 7.41. The van der Waals surface area contributed by atoms with Crippen LogP contribution in [0.25, 0.3) is 5.76 Å². The third-order valence-electron chi connectivity index (χ3n) is 5.40. The van der Waals surface area contributed by atoms with Crippen LogP contribution in [0.15, 0.2) is 70.9 Å². The lowest BCUT2D eigenvalue weighted by Gasteiger charge is -2.23. The van der Waals surface area contributed by atoms with Gasteiger partial charge in [0, 0.05) is 11.3 Å². The number of carbonyl (C=O) groups excluding carboxylic acids is 2. The Kier molecular flexibility index (Phi) is 5.49. The molecular formula is C24H18F3NO5. The van der Waals surface area contributed by atoms with Gasteiger partial charge in [0.2, 0.25) is 0 Å². The minimum Gasteiger partial charge on any atom is -0.507 e. The number of halogens is 3. The van der Waals surface area contributed by atoms with E-state index in [9.17, 15) is 27.9 Å². The standard InChI is InChI=1S/C24H18F3NO5/c1-13-12-14(5-10-17(13)32-2)21(29)19-20(18-4-3-11-33-18)28(23(31)22(19)30)16-8-6-15(7-9-16)24(25,26)27/h3-12,20,29H,1-2H3/b21-19-. The van der Waals surface area contributed by atoms with Crippen LogP contribution in [0.2, 0.25) is 0 Å². The number of anilines is 1. The summed E-state index contributed by atoms with van der Waals surface area (Å²) < 4.78 is 49.6. The molecule has 1 N–H and O–H groups in total. The minimum absolute atomic E-state index is 0.0523. The van der Waals surface area contributed by atoms with Crippen molar-refractivity contribution >= 4 is 23.1 Å². The molecule has 1 unspecified atom stereocenters. The van der Waals surface area contributed by atoms with Gasteiger partial charge >= 0.3 is 6.18 Å². The van der Waals surface area contributed by atoms with Crippen LogP contribution >= 0.6 is 0 Å². The zero-order valence-electron chi connectivity index (χ0n) is 17.5. The quantitative estimate of drug-likeness (QED) is 0.329. The Labute approximate surface area is 186 Å². The summed E-state index contributed by atoms with van der Waals surface area (Å²) >= 11 is 0. The van der Waals surface area contributed by atoms with Crippen molar-refractivity contribution in [3.05, 3.63) is 88.9 Å². The van der Waals surface area contributed by atoms with E-state index in [0.29, 0.717) is 11.3 Å². The Morgan fingerprint density at radius 3 is 2.33 bits per heavy atom. The number of aliphatic hydroxyl groups is 1. The fourth-order valence-corrected chi connectivity index (χ4v) is 3.81. The first-order chi connectivity index (χ1) is 15.6.